The molecule has 4 heteroatoms. The fourth-order valence-corrected chi connectivity index (χ4v) is 11.0. The molecule has 13 aromatic rings. The Morgan fingerprint density at radius 3 is 1.19 bits per heavy atom. The maximum absolute atomic E-state index is 6.52. The molecule has 0 N–H and O–H groups in total. The SMILES string of the molecule is c1ccc2c(c1)oc1cc3c(cc12)c(-c1csc2ccccc12)cc1cc2c(cc(-c4csc5ccccc45)c4cc5c(cc42)oc2ccccc25)cc13. The Bertz CT molecular complexity index is 3490. The summed E-state index contributed by atoms with van der Waals surface area (Å²) in [5, 5.41) is 21.5. The van der Waals surface area contributed by atoms with Crippen LogP contribution in [0.3, 0.4) is 0 Å². The van der Waals surface area contributed by atoms with Gasteiger partial charge in [-0.25, -0.2) is 0 Å². The molecule has 0 aliphatic rings. The number of hydrogen-bond acceptors (Lipinski definition) is 4. The lowest BCUT2D eigenvalue weighted by Gasteiger charge is -2.15. The van der Waals surface area contributed by atoms with Gasteiger partial charge in [-0.1, -0.05) is 72.8 Å². The second-order valence-corrected chi connectivity index (χ2v) is 16.2. The minimum atomic E-state index is 0.911. The zero-order chi connectivity index (χ0) is 35.1. The Morgan fingerprint density at radius 1 is 0.278 bits per heavy atom. The van der Waals surface area contributed by atoms with Crippen LogP contribution in [0, 0.1) is 0 Å². The van der Waals surface area contributed by atoms with E-state index in [4.69, 9.17) is 8.83 Å². The molecule has 0 fully saturated rings. The molecule has 0 aliphatic heterocycles. The van der Waals surface area contributed by atoms with Gasteiger partial charge in [0.05, 0.1) is 0 Å². The molecule has 0 saturated carbocycles. The van der Waals surface area contributed by atoms with Crippen LogP contribution in [-0.4, -0.2) is 0 Å². The summed E-state index contributed by atoms with van der Waals surface area (Å²) in [7, 11) is 0. The molecule has 0 atom stereocenters. The molecule has 0 aliphatic carbocycles. The van der Waals surface area contributed by atoms with Gasteiger partial charge in [0.2, 0.25) is 0 Å². The normalized spacial score (nSPS) is 12.4. The van der Waals surface area contributed by atoms with Crippen molar-refractivity contribution in [2.45, 2.75) is 0 Å². The third-order valence-electron chi connectivity index (χ3n) is 11.6. The van der Waals surface area contributed by atoms with E-state index in [0.717, 1.165) is 43.9 Å². The number of fused-ring (bicyclic) bond motifs is 14. The first-order valence-electron chi connectivity index (χ1n) is 18.2. The summed E-state index contributed by atoms with van der Waals surface area (Å²) in [6, 6.07) is 53.2. The molecule has 0 unspecified atom stereocenters. The molecular formula is C50H26O2S2. The van der Waals surface area contributed by atoms with Crippen LogP contribution in [0.15, 0.2) is 165 Å². The Kier molecular flexibility index (Phi) is 5.69. The van der Waals surface area contributed by atoms with E-state index < -0.39 is 0 Å². The van der Waals surface area contributed by atoms with E-state index >= 15 is 0 Å². The molecule has 4 aromatic heterocycles. The Morgan fingerprint density at radius 2 is 0.704 bits per heavy atom. The van der Waals surface area contributed by atoms with E-state index in [9.17, 15) is 0 Å². The van der Waals surface area contributed by atoms with E-state index in [2.05, 4.69) is 144 Å². The first kappa shape index (κ1) is 29.0. The van der Waals surface area contributed by atoms with Gasteiger partial charge in [0.15, 0.2) is 0 Å². The monoisotopic (exact) mass is 722 g/mol. The van der Waals surface area contributed by atoms with Crippen molar-refractivity contribution in [1.29, 1.82) is 0 Å². The predicted octanol–water partition coefficient (Wildman–Crippen LogP) is 15.9. The second-order valence-electron chi connectivity index (χ2n) is 14.4. The van der Waals surface area contributed by atoms with Crippen molar-refractivity contribution in [1.82, 2.24) is 0 Å². The maximum Gasteiger partial charge on any atom is 0.136 e. The van der Waals surface area contributed by atoms with Crippen molar-refractivity contribution < 1.29 is 8.83 Å². The molecule has 54 heavy (non-hydrogen) atoms. The average molecular weight is 723 g/mol. The van der Waals surface area contributed by atoms with Crippen LogP contribution in [0.2, 0.25) is 0 Å². The summed E-state index contributed by atoms with van der Waals surface area (Å²) < 4.78 is 15.6. The highest BCUT2D eigenvalue weighted by molar-refractivity contribution is 7.18. The van der Waals surface area contributed by atoms with Crippen molar-refractivity contribution in [3.8, 4) is 22.3 Å². The van der Waals surface area contributed by atoms with Gasteiger partial charge in [0, 0.05) is 52.8 Å². The van der Waals surface area contributed by atoms with Crippen LogP contribution >= 0.6 is 22.7 Å². The summed E-state index contributed by atoms with van der Waals surface area (Å²) >= 11 is 3.62. The zero-order valence-electron chi connectivity index (χ0n) is 28.6. The van der Waals surface area contributed by atoms with Gasteiger partial charge in [-0.2, -0.15) is 0 Å². The lowest BCUT2D eigenvalue weighted by Crippen LogP contribution is -1.88. The standard InChI is InChI=1S/C50H26O2S2/c1-5-13-45-29(9-1)41-21-37-35(43-25-53-49-15-7-3-11-31(43)49)19-27-18-34-28(17-33(27)39(37)23-47(41)51-45)20-36(44-26-54-50-16-8-4-12-32(44)50)38-22-42-30-10-2-6-14-46(30)52-48(42)24-40(34)38/h1-26H. The quantitative estimate of drug-likeness (QED) is 0.131. The van der Waals surface area contributed by atoms with E-state index in [1.165, 1.54) is 85.5 Å². The van der Waals surface area contributed by atoms with Crippen LogP contribution in [0.1, 0.15) is 0 Å². The molecule has 0 spiro atoms. The van der Waals surface area contributed by atoms with Crippen LogP contribution in [0.5, 0.6) is 0 Å². The first-order chi connectivity index (χ1) is 26.7. The van der Waals surface area contributed by atoms with Gasteiger partial charge < -0.3 is 8.83 Å². The minimum Gasteiger partial charge on any atom is -0.456 e. The van der Waals surface area contributed by atoms with E-state index in [1.54, 1.807) is 0 Å². The molecule has 9 aromatic carbocycles. The summed E-state index contributed by atoms with van der Waals surface area (Å²) in [4.78, 5) is 0. The van der Waals surface area contributed by atoms with Gasteiger partial charge in [0.25, 0.3) is 0 Å². The number of para-hydroxylation sites is 2. The van der Waals surface area contributed by atoms with Crippen LogP contribution < -0.4 is 0 Å². The third kappa shape index (κ3) is 3.93. The van der Waals surface area contributed by atoms with Crippen molar-refractivity contribution in [3.05, 3.63) is 156 Å². The van der Waals surface area contributed by atoms with Gasteiger partial charge >= 0.3 is 0 Å². The molecule has 2 nitrogen and oxygen atoms in total. The first-order valence-corrected chi connectivity index (χ1v) is 20.0. The van der Waals surface area contributed by atoms with Crippen molar-refractivity contribution >= 4 is 130 Å². The minimum absolute atomic E-state index is 0.911. The fraction of sp³-hybridized carbons (Fsp3) is 0. The molecule has 13 rings (SSSR count). The molecule has 250 valence electrons. The Hall–Kier alpha value is -6.46. The van der Waals surface area contributed by atoms with E-state index in [1.807, 2.05) is 34.8 Å². The lowest BCUT2D eigenvalue weighted by molar-refractivity contribution is 0.669. The molecular weight excluding hydrogens is 697 g/mol. The molecule has 0 amide bonds. The Balaban J connectivity index is 1.20. The molecule has 0 bridgehead atoms. The van der Waals surface area contributed by atoms with Gasteiger partial charge in [0.1, 0.15) is 22.3 Å². The molecule has 0 radical (unpaired) electrons. The average Bonchev–Trinajstić information content (AvgIpc) is 4.01. The summed E-state index contributed by atoms with van der Waals surface area (Å²) in [6.07, 6.45) is 0. The van der Waals surface area contributed by atoms with E-state index in [0.29, 0.717) is 0 Å². The van der Waals surface area contributed by atoms with Gasteiger partial charge in [-0.05, 0) is 138 Å². The van der Waals surface area contributed by atoms with Crippen molar-refractivity contribution in [2.24, 2.45) is 0 Å². The summed E-state index contributed by atoms with van der Waals surface area (Å²) in [5.41, 5.74) is 8.67. The fourth-order valence-electron chi connectivity index (χ4n) is 9.06. The highest BCUT2D eigenvalue weighted by atomic mass is 32.1. The topological polar surface area (TPSA) is 26.3 Å². The van der Waals surface area contributed by atoms with Crippen LogP contribution in [0.4, 0.5) is 0 Å². The highest BCUT2D eigenvalue weighted by Gasteiger charge is 2.20. The summed E-state index contributed by atoms with van der Waals surface area (Å²) in [6.45, 7) is 0. The van der Waals surface area contributed by atoms with Crippen LogP contribution in [-0.2, 0) is 0 Å². The van der Waals surface area contributed by atoms with Gasteiger partial charge in [-0.3, -0.25) is 0 Å². The van der Waals surface area contributed by atoms with Gasteiger partial charge in [-0.15, -0.1) is 22.7 Å². The molecule has 4 heterocycles. The van der Waals surface area contributed by atoms with Crippen LogP contribution in [0.25, 0.3) is 129 Å². The number of thiophene rings is 2. The number of furan rings is 2. The predicted molar refractivity (Wildman–Crippen MR) is 233 cm³/mol. The third-order valence-corrected chi connectivity index (χ3v) is 13.5. The van der Waals surface area contributed by atoms with E-state index in [-0.39, 0.29) is 0 Å². The number of benzene rings is 9. The van der Waals surface area contributed by atoms with Crippen molar-refractivity contribution in [2.75, 3.05) is 0 Å². The largest absolute Gasteiger partial charge is 0.456 e. The Labute approximate surface area is 315 Å². The maximum atomic E-state index is 6.52. The van der Waals surface area contributed by atoms with Crippen molar-refractivity contribution in [3.63, 3.8) is 0 Å². The second kappa shape index (κ2) is 10.6. The smallest absolute Gasteiger partial charge is 0.136 e. The molecule has 0 saturated heterocycles. The summed E-state index contributed by atoms with van der Waals surface area (Å²) in [5.74, 6) is 0. The zero-order valence-corrected chi connectivity index (χ0v) is 30.3. The number of rotatable bonds is 2. The lowest BCUT2D eigenvalue weighted by atomic mass is 9.88. The number of hydrogen-bond donors (Lipinski definition) is 0. The highest BCUT2D eigenvalue weighted by Crippen LogP contribution is 2.47.